The molecule has 0 radical (unpaired) electrons. The van der Waals surface area contributed by atoms with Gasteiger partial charge in [-0.05, 0) is 18.2 Å². The molecule has 2 rings (SSSR count). The minimum atomic E-state index is -4.56. The highest BCUT2D eigenvalue weighted by atomic mass is 35.5. The van der Waals surface area contributed by atoms with Crippen molar-refractivity contribution in [3.05, 3.63) is 35.1 Å². The lowest BCUT2D eigenvalue weighted by molar-refractivity contribution is -0.137. The molecule has 0 aromatic heterocycles. The average molecular weight is 331 g/mol. The summed E-state index contributed by atoms with van der Waals surface area (Å²) in [5.74, 6) is -0.806. The third kappa shape index (κ3) is 4.28. The number of hydrogen-bond acceptors (Lipinski definition) is 2. The van der Waals surface area contributed by atoms with E-state index in [9.17, 15) is 22.0 Å². The Morgan fingerprint density at radius 1 is 1.19 bits per heavy atom. The number of alkyl halides is 4. The second-order valence-corrected chi connectivity index (χ2v) is 4.69. The van der Waals surface area contributed by atoms with Gasteiger partial charge in [0.2, 0.25) is 0 Å². The van der Waals surface area contributed by atoms with Crippen LogP contribution in [-0.4, -0.2) is 37.8 Å². The summed E-state index contributed by atoms with van der Waals surface area (Å²) in [6, 6.07) is 1.16. The third-order valence-corrected chi connectivity index (χ3v) is 3.42. The Hall–Kier alpha value is -0.920. The van der Waals surface area contributed by atoms with Gasteiger partial charge in [0.05, 0.1) is 11.6 Å². The normalized spacial score (nSPS) is 18.1. The smallest absolute Gasteiger partial charge is 0.314 e. The molecule has 1 aromatic rings. The van der Waals surface area contributed by atoms with Crippen molar-refractivity contribution in [1.82, 2.24) is 10.2 Å². The lowest BCUT2D eigenvalue weighted by Crippen LogP contribution is -2.45. The van der Waals surface area contributed by atoms with Crippen LogP contribution in [0.3, 0.4) is 0 Å². The minimum Gasteiger partial charge on any atom is -0.314 e. The molecule has 1 aromatic carbocycles. The van der Waals surface area contributed by atoms with E-state index < -0.39 is 30.3 Å². The number of nitrogens with one attached hydrogen (secondary N) is 1. The summed E-state index contributed by atoms with van der Waals surface area (Å²) < 4.78 is 65.0. The van der Waals surface area contributed by atoms with Gasteiger partial charge in [0.25, 0.3) is 0 Å². The first-order chi connectivity index (χ1) is 9.43. The highest BCUT2D eigenvalue weighted by molar-refractivity contribution is 5.85. The summed E-state index contributed by atoms with van der Waals surface area (Å²) in [7, 11) is 0. The number of benzene rings is 1. The second kappa shape index (κ2) is 7.38. The Bertz CT molecular complexity index is 460. The van der Waals surface area contributed by atoms with Crippen LogP contribution < -0.4 is 5.32 Å². The van der Waals surface area contributed by atoms with E-state index in [1.807, 2.05) is 0 Å². The molecule has 1 aliphatic rings. The molecule has 21 heavy (non-hydrogen) atoms. The number of piperazine rings is 1. The van der Waals surface area contributed by atoms with Crippen molar-refractivity contribution >= 4 is 12.4 Å². The van der Waals surface area contributed by atoms with Gasteiger partial charge in [0.15, 0.2) is 0 Å². The first kappa shape index (κ1) is 18.1. The lowest BCUT2D eigenvalue weighted by atomic mass is 10.0. The van der Waals surface area contributed by atoms with Gasteiger partial charge in [0.1, 0.15) is 12.5 Å². The Morgan fingerprint density at radius 2 is 1.81 bits per heavy atom. The van der Waals surface area contributed by atoms with E-state index >= 15 is 0 Å². The molecule has 1 atom stereocenters. The second-order valence-electron chi connectivity index (χ2n) is 4.69. The van der Waals surface area contributed by atoms with Crippen molar-refractivity contribution < 1.29 is 22.0 Å². The van der Waals surface area contributed by atoms with Gasteiger partial charge in [-0.15, -0.1) is 12.4 Å². The third-order valence-electron chi connectivity index (χ3n) is 3.42. The van der Waals surface area contributed by atoms with Crippen LogP contribution >= 0.6 is 12.4 Å². The van der Waals surface area contributed by atoms with E-state index in [1.165, 1.54) is 0 Å². The molecule has 1 N–H and O–H groups in total. The Labute approximate surface area is 125 Å². The molecule has 8 heteroatoms. The van der Waals surface area contributed by atoms with Gasteiger partial charge in [-0.3, -0.25) is 4.90 Å². The fourth-order valence-electron chi connectivity index (χ4n) is 2.35. The van der Waals surface area contributed by atoms with Crippen molar-refractivity contribution in [3.8, 4) is 0 Å². The van der Waals surface area contributed by atoms with Crippen LogP contribution in [-0.2, 0) is 6.18 Å². The van der Waals surface area contributed by atoms with Gasteiger partial charge in [-0.25, -0.2) is 8.78 Å². The zero-order valence-corrected chi connectivity index (χ0v) is 11.9. The van der Waals surface area contributed by atoms with E-state index in [4.69, 9.17) is 0 Å². The molecule has 1 saturated heterocycles. The number of hydrogen-bond donors (Lipinski definition) is 1. The highest BCUT2D eigenvalue weighted by Gasteiger charge is 2.33. The number of halogens is 6. The molecule has 0 unspecified atom stereocenters. The first-order valence-electron chi connectivity index (χ1n) is 6.31. The summed E-state index contributed by atoms with van der Waals surface area (Å²) in [4.78, 5) is 1.66. The van der Waals surface area contributed by atoms with Crippen LogP contribution in [0.15, 0.2) is 18.2 Å². The van der Waals surface area contributed by atoms with Gasteiger partial charge in [-0.1, -0.05) is 0 Å². The molecule has 1 fully saturated rings. The molecule has 0 aliphatic carbocycles. The summed E-state index contributed by atoms with van der Waals surface area (Å²) in [6.07, 6.45) is -4.56. The van der Waals surface area contributed by atoms with Crippen LogP contribution in [0, 0.1) is 5.82 Å². The summed E-state index contributed by atoms with van der Waals surface area (Å²) in [5.41, 5.74) is -1.19. The van der Waals surface area contributed by atoms with Crippen molar-refractivity contribution in [3.63, 3.8) is 0 Å². The quantitative estimate of drug-likeness (QED) is 0.856. The van der Waals surface area contributed by atoms with Crippen molar-refractivity contribution in [2.24, 2.45) is 0 Å². The number of rotatable bonds is 3. The van der Waals surface area contributed by atoms with Crippen molar-refractivity contribution in [1.29, 1.82) is 0 Å². The fraction of sp³-hybridized carbons (Fsp3) is 0.538. The standard InChI is InChI=1S/C13H15F5N2.ClH/c14-8-12(20-5-3-19-4-6-20)10-7-9(13(16,17)18)1-2-11(10)15;/h1-2,7,12,19H,3-6,8H2;1H/t12-;/m1./s1. The van der Waals surface area contributed by atoms with E-state index in [1.54, 1.807) is 4.90 Å². The van der Waals surface area contributed by atoms with E-state index in [-0.39, 0.29) is 18.0 Å². The molecule has 0 spiro atoms. The van der Waals surface area contributed by atoms with Crippen LogP contribution in [0.2, 0.25) is 0 Å². The van der Waals surface area contributed by atoms with E-state index in [0.29, 0.717) is 38.3 Å². The monoisotopic (exact) mass is 330 g/mol. The fourth-order valence-corrected chi connectivity index (χ4v) is 2.35. The molecule has 1 heterocycles. The largest absolute Gasteiger partial charge is 0.416 e. The van der Waals surface area contributed by atoms with Gasteiger partial charge >= 0.3 is 6.18 Å². The SMILES string of the molecule is Cl.FC[C@H](c1cc(C(F)(F)F)ccc1F)N1CCNCC1. The van der Waals surface area contributed by atoms with E-state index in [2.05, 4.69) is 5.32 Å². The maximum absolute atomic E-state index is 13.8. The minimum absolute atomic E-state index is 0. The van der Waals surface area contributed by atoms with Crippen molar-refractivity contribution in [2.45, 2.75) is 12.2 Å². The Morgan fingerprint density at radius 3 is 2.33 bits per heavy atom. The van der Waals surface area contributed by atoms with Gasteiger partial charge in [0, 0.05) is 31.7 Å². The highest BCUT2D eigenvalue weighted by Crippen LogP contribution is 2.33. The Balaban J connectivity index is 0.00000220. The van der Waals surface area contributed by atoms with Crippen molar-refractivity contribution in [2.75, 3.05) is 32.9 Å². The molecule has 0 amide bonds. The zero-order chi connectivity index (χ0) is 14.8. The summed E-state index contributed by atoms with van der Waals surface area (Å²) in [5, 5.41) is 3.06. The van der Waals surface area contributed by atoms with Gasteiger partial charge in [-0.2, -0.15) is 13.2 Å². The molecule has 120 valence electrons. The molecular formula is C13H16ClF5N2. The zero-order valence-electron chi connectivity index (χ0n) is 11.1. The topological polar surface area (TPSA) is 15.3 Å². The maximum atomic E-state index is 13.8. The van der Waals surface area contributed by atoms with E-state index in [0.717, 1.165) is 6.07 Å². The molecule has 0 saturated carbocycles. The predicted octanol–water partition coefficient (Wildman–Crippen LogP) is 3.18. The van der Waals surface area contributed by atoms with Crippen LogP contribution in [0.25, 0.3) is 0 Å². The van der Waals surface area contributed by atoms with Crippen LogP contribution in [0.1, 0.15) is 17.2 Å². The van der Waals surface area contributed by atoms with Crippen LogP contribution in [0.5, 0.6) is 0 Å². The first-order valence-corrected chi connectivity index (χ1v) is 6.31. The number of nitrogens with zero attached hydrogens (tertiary/aromatic N) is 1. The Kier molecular flexibility index (Phi) is 6.37. The molecule has 1 aliphatic heterocycles. The van der Waals surface area contributed by atoms with Crippen LogP contribution in [0.4, 0.5) is 22.0 Å². The summed E-state index contributed by atoms with van der Waals surface area (Å²) >= 11 is 0. The summed E-state index contributed by atoms with van der Waals surface area (Å²) in [6.45, 7) is 1.25. The van der Waals surface area contributed by atoms with Gasteiger partial charge < -0.3 is 5.32 Å². The molecule has 0 bridgehead atoms. The predicted molar refractivity (Wildman–Crippen MR) is 71.8 cm³/mol. The average Bonchev–Trinajstić information content (AvgIpc) is 2.41. The molecule has 2 nitrogen and oxygen atoms in total. The maximum Gasteiger partial charge on any atom is 0.416 e. The lowest BCUT2D eigenvalue weighted by Gasteiger charge is -2.34. The molecular weight excluding hydrogens is 315 g/mol.